The number of nitrogens with one attached hydrogen (secondary N) is 1. The number of hydrogen-bond donors (Lipinski definition) is 1. The summed E-state index contributed by atoms with van der Waals surface area (Å²) in [5, 5.41) is 10.9. The van der Waals surface area contributed by atoms with Gasteiger partial charge in [0.2, 0.25) is 5.88 Å². The van der Waals surface area contributed by atoms with Crippen molar-refractivity contribution in [2.45, 2.75) is 6.61 Å². The minimum Gasteiger partial charge on any atom is -0.480 e. The summed E-state index contributed by atoms with van der Waals surface area (Å²) >= 11 is 0. The summed E-state index contributed by atoms with van der Waals surface area (Å²) in [6.45, 7) is 0.410. The lowest BCUT2D eigenvalue weighted by molar-refractivity contribution is 0.181. The van der Waals surface area contributed by atoms with Gasteiger partial charge in [0.15, 0.2) is 5.82 Å². The van der Waals surface area contributed by atoms with E-state index < -0.39 is 0 Å². The Morgan fingerprint density at radius 1 is 1.16 bits per heavy atom. The molecule has 0 saturated carbocycles. The average molecular weight is 261 g/mol. The predicted molar refractivity (Wildman–Crippen MR) is 69.9 cm³/mol. The number of aromatic nitrogens is 4. The van der Waals surface area contributed by atoms with Gasteiger partial charge < -0.3 is 14.8 Å². The molecule has 0 amide bonds. The molecule has 1 N–H and O–H groups in total. The van der Waals surface area contributed by atoms with Crippen LogP contribution in [0.3, 0.4) is 0 Å². The highest BCUT2D eigenvalue weighted by molar-refractivity contribution is 5.52. The maximum atomic E-state index is 5.08. The third-order valence-corrected chi connectivity index (χ3v) is 2.41. The number of methoxy groups -OCH3 is 2. The van der Waals surface area contributed by atoms with Crippen LogP contribution in [0.4, 0.5) is 5.82 Å². The topological polar surface area (TPSA) is 82.0 Å². The van der Waals surface area contributed by atoms with Crippen molar-refractivity contribution in [2.75, 3.05) is 26.6 Å². The van der Waals surface area contributed by atoms with Crippen molar-refractivity contribution in [3.8, 4) is 17.4 Å². The third kappa shape index (κ3) is 3.14. The molecule has 0 bridgehead atoms. The third-order valence-electron chi connectivity index (χ3n) is 2.41. The molecule has 0 aliphatic heterocycles. The summed E-state index contributed by atoms with van der Waals surface area (Å²) < 4.78 is 10.0. The van der Waals surface area contributed by atoms with Crippen molar-refractivity contribution in [1.29, 1.82) is 0 Å². The lowest BCUT2D eigenvalue weighted by atomic mass is 10.3. The van der Waals surface area contributed by atoms with Crippen LogP contribution in [0.2, 0.25) is 0 Å². The Bertz CT molecular complexity index is 544. The van der Waals surface area contributed by atoms with Crippen molar-refractivity contribution in [1.82, 2.24) is 20.2 Å². The molecule has 2 heterocycles. The standard InChI is InChI=1S/C12H15N5O2/c1-13-10-6-8(7-18-2)14-12(15-10)9-4-5-11(19-3)17-16-9/h4-6H,7H2,1-3H3,(H,13,14,15). The summed E-state index contributed by atoms with van der Waals surface area (Å²) in [5.41, 5.74) is 1.35. The highest BCUT2D eigenvalue weighted by Crippen LogP contribution is 2.17. The van der Waals surface area contributed by atoms with Crippen LogP contribution < -0.4 is 10.1 Å². The molecule has 2 aromatic heterocycles. The minimum atomic E-state index is 0.410. The van der Waals surface area contributed by atoms with E-state index in [0.29, 0.717) is 29.8 Å². The first kappa shape index (κ1) is 13.2. The van der Waals surface area contributed by atoms with Gasteiger partial charge in [0.1, 0.15) is 11.5 Å². The van der Waals surface area contributed by atoms with Crippen LogP contribution in [0.25, 0.3) is 11.5 Å². The van der Waals surface area contributed by atoms with Gasteiger partial charge in [-0.25, -0.2) is 9.97 Å². The molecule has 2 aromatic rings. The molecule has 2 rings (SSSR count). The average Bonchev–Trinajstić information content (AvgIpc) is 2.47. The first-order chi connectivity index (χ1) is 9.26. The Labute approximate surface area is 111 Å². The number of rotatable bonds is 5. The van der Waals surface area contributed by atoms with E-state index in [1.54, 1.807) is 33.4 Å². The van der Waals surface area contributed by atoms with E-state index in [1.807, 2.05) is 6.07 Å². The summed E-state index contributed by atoms with van der Waals surface area (Å²) in [6, 6.07) is 5.30. The molecule has 0 unspecified atom stereocenters. The SMILES string of the molecule is CNc1cc(COC)nc(-c2ccc(OC)nn2)n1. The fraction of sp³-hybridized carbons (Fsp3) is 0.333. The van der Waals surface area contributed by atoms with Gasteiger partial charge in [-0.05, 0) is 6.07 Å². The molecule has 100 valence electrons. The van der Waals surface area contributed by atoms with Crippen LogP contribution in [0.1, 0.15) is 5.69 Å². The predicted octanol–water partition coefficient (Wildman–Crippen LogP) is 1.13. The van der Waals surface area contributed by atoms with Crippen LogP contribution in [0.5, 0.6) is 5.88 Å². The van der Waals surface area contributed by atoms with Gasteiger partial charge >= 0.3 is 0 Å². The van der Waals surface area contributed by atoms with Gasteiger partial charge in [0, 0.05) is 26.3 Å². The molecule has 0 radical (unpaired) electrons. The summed E-state index contributed by atoms with van der Waals surface area (Å²) in [6.07, 6.45) is 0. The lowest BCUT2D eigenvalue weighted by Gasteiger charge is -2.06. The second kappa shape index (κ2) is 6.05. The van der Waals surface area contributed by atoms with Crippen LogP contribution in [0.15, 0.2) is 18.2 Å². The van der Waals surface area contributed by atoms with Gasteiger partial charge in [-0.1, -0.05) is 0 Å². The molecule has 19 heavy (non-hydrogen) atoms. The van der Waals surface area contributed by atoms with E-state index >= 15 is 0 Å². The second-order valence-corrected chi connectivity index (χ2v) is 3.71. The van der Waals surface area contributed by atoms with Crippen molar-refractivity contribution < 1.29 is 9.47 Å². The fourth-order valence-electron chi connectivity index (χ4n) is 1.51. The molecule has 0 aromatic carbocycles. The van der Waals surface area contributed by atoms with Gasteiger partial charge in [0.05, 0.1) is 19.4 Å². The number of hydrogen-bond acceptors (Lipinski definition) is 7. The van der Waals surface area contributed by atoms with E-state index in [4.69, 9.17) is 9.47 Å². The van der Waals surface area contributed by atoms with E-state index in [9.17, 15) is 0 Å². The smallest absolute Gasteiger partial charge is 0.233 e. The minimum absolute atomic E-state index is 0.410. The van der Waals surface area contributed by atoms with E-state index in [1.165, 1.54) is 0 Å². The van der Waals surface area contributed by atoms with Crippen molar-refractivity contribution in [2.24, 2.45) is 0 Å². The first-order valence-electron chi connectivity index (χ1n) is 5.69. The molecule has 0 fully saturated rings. The Morgan fingerprint density at radius 2 is 2.00 bits per heavy atom. The van der Waals surface area contributed by atoms with Crippen LogP contribution in [-0.4, -0.2) is 41.4 Å². The Morgan fingerprint density at radius 3 is 2.58 bits per heavy atom. The van der Waals surface area contributed by atoms with E-state index in [-0.39, 0.29) is 0 Å². The van der Waals surface area contributed by atoms with Crippen LogP contribution in [-0.2, 0) is 11.3 Å². The molecular weight excluding hydrogens is 246 g/mol. The quantitative estimate of drug-likeness (QED) is 0.863. The zero-order valence-electron chi connectivity index (χ0n) is 11.0. The Hall–Kier alpha value is -2.28. The summed E-state index contributed by atoms with van der Waals surface area (Å²) in [7, 11) is 4.95. The highest BCUT2D eigenvalue weighted by atomic mass is 16.5. The number of nitrogens with zero attached hydrogens (tertiary/aromatic N) is 4. The number of anilines is 1. The maximum absolute atomic E-state index is 5.08. The Balaban J connectivity index is 2.38. The molecule has 0 spiro atoms. The first-order valence-corrected chi connectivity index (χ1v) is 5.69. The molecular formula is C12H15N5O2. The van der Waals surface area contributed by atoms with E-state index in [0.717, 1.165) is 5.69 Å². The van der Waals surface area contributed by atoms with Gasteiger partial charge in [-0.15, -0.1) is 10.2 Å². The van der Waals surface area contributed by atoms with Crippen molar-refractivity contribution >= 4 is 5.82 Å². The van der Waals surface area contributed by atoms with E-state index in [2.05, 4.69) is 25.5 Å². The normalized spacial score (nSPS) is 10.3. The fourth-order valence-corrected chi connectivity index (χ4v) is 1.51. The second-order valence-electron chi connectivity index (χ2n) is 3.71. The van der Waals surface area contributed by atoms with Crippen molar-refractivity contribution in [3.05, 3.63) is 23.9 Å². The highest BCUT2D eigenvalue weighted by Gasteiger charge is 2.08. The molecule has 0 atom stereocenters. The van der Waals surface area contributed by atoms with Crippen LogP contribution >= 0.6 is 0 Å². The molecule has 0 aliphatic carbocycles. The zero-order chi connectivity index (χ0) is 13.7. The van der Waals surface area contributed by atoms with Gasteiger partial charge in [-0.3, -0.25) is 0 Å². The monoisotopic (exact) mass is 261 g/mol. The largest absolute Gasteiger partial charge is 0.480 e. The van der Waals surface area contributed by atoms with Gasteiger partial charge in [-0.2, -0.15) is 0 Å². The van der Waals surface area contributed by atoms with Gasteiger partial charge in [0.25, 0.3) is 0 Å². The molecule has 0 saturated heterocycles. The van der Waals surface area contributed by atoms with Crippen molar-refractivity contribution in [3.63, 3.8) is 0 Å². The lowest BCUT2D eigenvalue weighted by Crippen LogP contribution is -2.03. The zero-order valence-corrected chi connectivity index (χ0v) is 11.0. The maximum Gasteiger partial charge on any atom is 0.233 e. The molecule has 0 aliphatic rings. The summed E-state index contributed by atoms with van der Waals surface area (Å²) in [5.74, 6) is 1.65. The molecule has 7 heteroatoms. The van der Waals surface area contributed by atoms with Crippen LogP contribution in [0, 0.1) is 0 Å². The summed E-state index contributed by atoms with van der Waals surface area (Å²) in [4.78, 5) is 8.72. The molecule has 7 nitrogen and oxygen atoms in total. The Kier molecular flexibility index (Phi) is 4.19. The number of ether oxygens (including phenoxy) is 2.